The van der Waals surface area contributed by atoms with Gasteiger partial charge in [0.2, 0.25) is 0 Å². The minimum Gasteiger partial charge on any atom is -0.309 e. The molecule has 0 saturated heterocycles. The van der Waals surface area contributed by atoms with E-state index in [1.54, 1.807) is 0 Å². The van der Waals surface area contributed by atoms with Crippen molar-refractivity contribution in [3.05, 3.63) is 18.0 Å². The van der Waals surface area contributed by atoms with Crippen molar-refractivity contribution < 1.29 is 0 Å². The third-order valence-corrected chi connectivity index (χ3v) is 3.33. The van der Waals surface area contributed by atoms with Crippen LogP contribution in [-0.4, -0.2) is 15.8 Å². The topological polar surface area (TPSA) is 29.9 Å². The Morgan fingerprint density at radius 1 is 1.35 bits per heavy atom. The van der Waals surface area contributed by atoms with Gasteiger partial charge in [-0.25, -0.2) is 0 Å². The predicted octanol–water partition coefficient (Wildman–Crippen LogP) is 3.52. The lowest BCUT2D eigenvalue weighted by molar-refractivity contribution is 0.460. The van der Waals surface area contributed by atoms with E-state index in [-0.39, 0.29) is 0 Å². The second-order valence-electron chi connectivity index (χ2n) is 4.97. The molecule has 1 heterocycles. The fourth-order valence-electron chi connectivity index (χ4n) is 1.80. The molecule has 0 aromatic carbocycles. The van der Waals surface area contributed by atoms with Gasteiger partial charge in [-0.05, 0) is 32.8 Å². The summed E-state index contributed by atoms with van der Waals surface area (Å²) in [4.78, 5) is 0. The molecule has 0 aliphatic carbocycles. The molecule has 0 bridgehead atoms. The highest BCUT2D eigenvalue weighted by Gasteiger charge is 2.06. The van der Waals surface area contributed by atoms with E-state index in [1.165, 1.54) is 19.3 Å². The summed E-state index contributed by atoms with van der Waals surface area (Å²) in [7, 11) is 0. The van der Waals surface area contributed by atoms with Gasteiger partial charge in [-0.3, -0.25) is 4.68 Å². The van der Waals surface area contributed by atoms with Crippen LogP contribution in [0.4, 0.5) is 0 Å². The van der Waals surface area contributed by atoms with Gasteiger partial charge in [0.15, 0.2) is 0 Å². The minimum absolute atomic E-state index is 0.501. The van der Waals surface area contributed by atoms with Crippen LogP contribution in [0.3, 0.4) is 0 Å². The van der Waals surface area contributed by atoms with Gasteiger partial charge in [0.05, 0.1) is 5.69 Å². The van der Waals surface area contributed by atoms with Gasteiger partial charge in [0.25, 0.3) is 0 Å². The zero-order valence-electron chi connectivity index (χ0n) is 11.7. The van der Waals surface area contributed by atoms with Crippen molar-refractivity contribution in [1.29, 1.82) is 0 Å². The monoisotopic (exact) mass is 237 g/mol. The van der Waals surface area contributed by atoms with Gasteiger partial charge in [-0.2, -0.15) is 5.10 Å². The van der Waals surface area contributed by atoms with Crippen molar-refractivity contribution in [3.8, 4) is 0 Å². The smallest absolute Gasteiger partial charge is 0.0762 e. The molecule has 1 N–H and O–H groups in total. The van der Waals surface area contributed by atoms with E-state index < -0.39 is 0 Å². The van der Waals surface area contributed by atoms with Crippen LogP contribution in [0.2, 0.25) is 0 Å². The van der Waals surface area contributed by atoms with E-state index >= 15 is 0 Å². The second-order valence-corrected chi connectivity index (χ2v) is 4.97. The van der Waals surface area contributed by atoms with Gasteiger partial charge in [-0.15, -0.1) is 0 Å². The number of hydrogen-bond acceptors (Lipinski definition) is 2. The van der Waals surface area contributed by atoms with E-state index in [1.807, 2.05) is 0 Å². The van der Waals surface area contributed by atoms with E-state index in [9.17, 15) is 0 Å². The molecule has 3 nitrogen and oxygen atoms in total. The Bertz CT molecular complexity index is 306. The average Bonchev–Trinajstić information content (AvgIpc) is 2.81. The molecule has 1 rings (SSSR count). The van der Waals surface area contributed by atoms with E-state index in [0.29, 0.717) is 12.1 Å². The maximum Gasteiger partial charge on any atom is 0.0762 e. The molecule has 0 radical (unpaired) electrons. The molecule has 0 spiro atoms. The molecule has 1 aromatic rings. The molecule has 17 heavy (non-hydrogen) atoms. The average molecular weight is 237 g/mol. The van der Waals surface area contributed by atoms with Gasteiger partial charge in [0.1, 0.15) is 0 Å². The highest BCUT2D eigenvalue weighted by Crippen LogP contribution is 2.09. The Hall–Kier alpha value is -0.830. The van der Waals surface area contributed by atoms with Crippen LogP contribution in [0, 0.1) is 0 Å². The molecule has 0 amide bonds. The zero-order valence-corrected chi connectivity index (χ0v) is 11.7. The van der Waals surface area contributed by atoms with Crippen LogP contribution in [0.15, 0.2) is 12.3 Å². The van der Waals surface area contributed by atoms with Crippen molar-refractivity contribution >= 4 is 0 Å². The second kappa shape index (κ2) is 7.49. The summed E-state index contributed by atoms with van der Waals surface area (Å²) in [5.74, 6) is 0. The van der Waals surface area contributed by atoms with Crippen molar-refractivity contribution in [2.24, 2.45) is 0 Å². The zero-order chi connectivity index (χ0) is 12.7. The van der Waals surface area contributed by atoms with Crippen LogP contribution >= 0.6 is 0 Å². The number of aromatic nitrogens is 2. The van der Waals surface area contributed by atoms with Gasteiger partial charge in [0, 0.05) is 24.8 Å². The third kappa shape index (κ3) is 4.90. The molecule has 0 saturated carbocycles. The maximum atomic E-state index is 4.59. The Kier molecular flexibility index (Phi) is 6.27. The maximum absolute atomic E-state index is 4.59. The molecule has 0 fully saturated rings. The van der Waals surface area contributed by atoms with Crippen molar-refractivity contribution in [3.63, 3.8) is 0 Å². The van der Waals surface area contributed by atoms with Crippen LogP contribution in [-0.2, 0) is 6.54 Å². The summed E-state index contributed by atoms with van der Waals surface area (Å²) in [5.41, 5.74) is 1.15. The summed E-state index contributed by atoms with van der Waals surface area (Å²) in [6, 6.07) is 3.20. The molecule has 0 aliphatic rings. The lowest BCUT2D eigenvalue weighted by Gasteiger charge is -2.12. The molecule has 0 aliphatic heterocycles. The number of nitrogens with zero attached hydrogens (tertiary/aromatic N) is 2. The summed E-state index contributed by atoms with van der Waals surface area (Å²) in [5, 5.41) is 8.12. The Labute approximate surface area is 106 Å². The lowest BCUT2D eigenvalue weighted by atomic mass is 10.1. The fraction of sp³-hybridized carbons (Fsp3) is 0.786. The van der Waals surface area contributed by atoms with E-state index in [2.05, 4.69) is 55.1 Å². The van der Waals surface area contributed by atoms with E-state index in [0.717, 1.165) is 18.7 Å². The highest BCUT2D eigenvalue weighted by molar-refractivity contribution is 4.99. The molecule has 2 unspecified atom stereocenters. The molecule has 1 aromatic heterocycles. The fourth-order valence-corrected chi connectivity index (χ4v) is 1.80. The SMILES string of the molecule is CCCCC(C)NCc1ccn(C(C)CC)n1. The van der Waals surface area contributed by atoms with Crippen molar-refractivity contribution in [1.82, 2.24) is 15.1 Å². The number of rotatable bonds is 8. The van der Waals surface area contributed by atoms with Gasteiger partial charge in [-0.1, -0.05) is 26.7 Å². The summed E-state index contributed by atoms with van der Waals surface area (Å²) in [6.07, 6.45) is 7.04. The Morgan fingerprint density at radius 3 is 2.76 bits per heavy atom. The quantitative estimate of drug-likeness (QED) is 0.749. The van der Waals surface area contributed by atoms with Crippen molar-refractivity contribution in [2.75, 3.05) is 0 Å². The van der Waals surface area contributed by atoms with Crippen LogP contribution in [0.1, 0.15) is 65.1 Å². The molecule has 3 heteroatoms. The van der Waals surface area contributed by atoms with Crippen molar-refractivity contribution in [2.45, 2.75) is 72.0 Å². The van der Waals surface area contributed by atoms with Gasteiger partial charge < -0.3 is 5.32 Å². The lowest BCUT2D eigenvalue weighted by Crippen LogP contribution is -2.25. The number of unbranched alkanes of at least 4 members (excludes halogenated alkanes) is 1. The van der Waals surface area contributed by atoms with Crippen LogP contribution in [0.5, 0.6) is 0 Å². The first-order valence-corrected chi connectivity index (χ1v) is 6.94. The number of nitrogens with one attached hydrogen (secondary N) is 1. The predicted molar refractivity (Wildman–Crippen MR) is 73.1 cm³/mol. The Balaban J connectivity index is 2.34. The highest BCUT2D eigenvalue weighted by atomic mass is 15.3. The first-order valence-electron chi connectivity index (χ1n) is 6.94. The summed E-state index contributed by atoms with van der Waals surface area (Å²) in [6.45, 7) is 9.77. The first kappa shape index (κ1) is 14.2. The minimum atomic E-state index is 0.501. The normalized spacial score (nSPS) is 14.8. The first-order chi connectivity index (χ1) is 8.17. The van der Waals surface area contributed by atoms with Gasteiger partial charge >= 0.3 is 0 Å². The molecule has 98 valence electrons. The summed E-state index contributed by atoms with van der Waals surface area (Å²) >= 11 is 0. The molecule has 2 atom stereocenters. The van der Waals surface area contributed by atoms with Crippen LogP contribution < -0.4 is 5.32 Å². The molecular formula is C14H27N3. The van der Waals surface area contributed by atoms with Crippen LogP contribution in [0.25, 0.3) is 0 Å². The third-order valence-electron chi connectivity index (χ3n) is 3.33. The molecular weight excluding hydrogens is 210 g/mol. The number of hydrogen-bond donors (Lipinski definition) is 1. The summed E-state index contributed by atoms with van der Waals surface area (Å²) < 4.78 is 2.06. The van der Waals surface area contributed by atoms with E-state index in [4.69, 9.17) is 0 Å². The standard InChI is InChI=1S/C14H27N3/c1-5-7-8-12(3)15-11-14-9-10-17(16-14)13(4)6-2/h9-10,12-13,15H,5-8,11H2,1-4H3. The Morgan fingerprint density at radius 2 is 2.12 bits per heavy atom. The largest absolute Gasteiger partial charge is 0.309 e.